The molecule has 1 aromatic heterocycles. The van der Waals surface area contributed by atoms with Crippen LogP contribution in [-0.2, 0) is 32.4 Å². The van der Waals surface area contributed by atoms with Gasteiger partial charge in [-0.05, 0) is 41.8 Å². The van der Waals surface area contributed by atoms with Gasteiger partial charge in [0.2, 0.25) is 9.84 Å². The van der Waals surface area contributed by atoms with E-state index < -0.39 is 27.6 Å². The Morgan fingerprint density at radius 2 is 1.54 bits per heavy atom. The molecule has 9 nitrogen and oxygen atoms in total. The minimum Gasteiger partial charge on any atom is -0.489 e. The van der Waals surface area contributed by atoms with Crippen molar-refractivity contribution in [3.8, 4) is 11.4 Å². The molecular formula is C27H28N4O5S. The predicted molar refractivity (Wildman–Crippen MR) is 138 cm³/mol. The molecule has 1 heterocycles. The van der Waals surface area contributed by atoms with E-state index in [1.807, 2.05) is 60.7 Å². The third-order valence-electron chi connectivity index (χ3n) is 5.71. The first kappa shape index (κ1) is 26.1. The van der Waals surface area contributed by atoms with E-state index in [-0.39, 0.29) is 11.6 Å². The molecule has 0 aliphatic carbocycles. The Labute approximate surface area is 215 Å². The van der Waals surface area contributed by atoms with Crippen LogP contribution in [0.25, 0.3) is 5.69 Å². The summed E-state index contributed by atoms with van der Waals surface area (Å²) in [4.78, 5) is 11.6. The molecule has 0 radical (unpaired) electrons. The van der Waals surface area contributed by atoms with E-state index >= 15 is 0 Å². The first-order valence-corrected chi connectivity index (χ1v) is 13.3. The number of carbonyl (C=O) groups excluding carboxylic acids is 1. The summed E-state index contributed by atoms with van der Waals surface area (Å²) in [6, 6.07) is 25.7. The Hall–Kier alpha value is -4.02. The third-order valence-corrected chi connectivity index (χ3v) is 7.27. The van der Waals surface area contributed by atoms with Crippen molar-refractivity contribution in [1.29, 1.82) is 0 Å². The molecule has 2 N–H and O–H groups in total. The summed E-state index contributed by atoms with van der Waals surface area (Å²) in [5, 5.41) is 7.87. The molecule has 0 aliphatic rings. The first-order chi connectivity index (χ1) is 17.9. The van der Waals surface area contributed by atoms with Crippen LogP contribution >= 0.6 is 0 Å². The highest BCUT2D eigenvalue weighted by Gasteiger charge is 2.29. The lowest BCUT2D eigenvalue weighted by molar-refractivity contribution is -0.140. The number of sulfone groups is 1. The lowest BCUT2D eigenvalue weighted by atomic mass is 10.1. The van der Waals surface area contributed by atoms with Crippen molar-refractivity contribution in [2.24, 2.45) is 5.73 Å². The van der Waals surface area contributed by atoms with Gasteiger partial charge in [-0.3, -0.25) is 9.36 Å². The number of hydrogen-bond acceptors (Lipinski definition) is 8. The largest absolute Gasteiger partial charge is 0.489 e. The number of rotatable bonds is 11. The zero-order chi connectivity index (χ0) is 26.3. The van der Waals surface area contributed by atoms with Gasteiger partial charge in [-0.25, -0.2) is 8.42 Å². The summed E-state index contributed by atoms with van der Waals surface area (Å²) in [7, 11) is -2.78. The number of carbonyl (C=O) groups is 1. The molecule has 0 saturated heterocycles. The van der Waals surface area contributed by atoms with Gasteiger partial charge < -0.3 is 15.2 Å². The highest BCUT2D eigenvalue weighted by molar-refractivity contribution is 7.91. The first-order valence-electron chi connectivity index (χ1n) is 11.7. The van der Waals surface area contributed by atoms with Crippen molar-refractivity contribution in [2.45, 2.75) is 30.6 Å². The molecule has 0 unspecified atom stereocenters. The van der Waals surface area contributed by atoms with Gasteiger partial charge in [0.15, 0.2) is 5.82 Å². The third kappa shape index (κ3) is 6.60. The van der Waals surface area contributed by atoms with E-state index in [1.165, 1.54) is 11.7 Å². The second-order valence-corrected chi connectivity index (χ2v) is 10.4. The number of ether oxygens (including phenoxy) is 2. The van der Waals surface area contributed by atoms with Crippen LogP contribution in [0.1, 0.15) is 29.4 Å². The fourth-order valence-electron chi connectivity index (χ4n) is 3.77. The molecule has 10 heteroatoms. The lowest BCUT2D eigenvalue weighted by Crippen LogP contribution is -2.21. The van der Waals surface area contributed by atoms with Crippen molar-refractivity contribution in [3.63, 3.8) is 0 Å². The van der Waals surface area contributed by atoms with Crippen LogP contribution in [0, 0.1) is 0 Å². The standard InChI is InChI=1S/C27H28N4O5S/c1-35-25(32)16-17-37(33,34)27-30-29-26(24(28)18-20-8-4-2-5-9-20)31(27)22-12-14-23(15-13-22)36-19-21-10-6-3-7-11-21/h2-15,24H,16-19,28H2,1H3/t24-/m0/s1. The van der Waals surface area contributed by atoms with E-state index in [2.05, 4.69) is 14.9 Å². The maximum atomic E-state index is 13.2. The van der Waals surface area contributed by atoms with Gasteiger partial charge in [-0.2, -0.15) is 0 Å². The smallest absolute Gasteiger partial charge is 0.306 e. The summed E-state index contributed by atoms with van der Waals surface area (Å²) in [5.41, 5.74) is 9.00. The molecule has 4 rings (SSSR count). The Morgan fingerprint density at radius 1 is 0.919 bits per heavy atom. The van der Waals surface area contributed by atoms with E-state index in [1.54, 1.807) is 24.3 Å². The van der Waals surface area contributed by atoms with Gasteiger partial charge in [-0.1, -0.05) is 60.7 Å². The second kappa shape index (κ2) is 11.8. The number of hydrogen-bond donors (Lipinski definition) is 1. The Bertz CT molecular complexity index is 1420. The summed E-state index contributed by atoms with van der Waals surface area (Å²) in [6.45, 7) is 0.396. The van der Waals surface area contributed by atoms with Crippen molar-refractivity contribution in [3.05, 3.63) is 102 Å². The second-order valence-electron chi connectivity index (χ2n) is 8.39. The zero-order valence-corrected chi connectivity index (χ0v) is 21.2. The Balaban J connectivity index is 1.65. The predicted octanol–water partition coefficient (Wildman–Crippen LogP) is 3.43. The van der Waals surface area contributed by atoms with Gasteiger partial charge in [0.05, 0.1) is 25.3 Å². The van der Waals surface area contributed by atoms with Gasteiger partial charge >= 0.3 is 5.97 Å². The minimum atomic E-state index is -3.98. The zero-order valence-electron chi connectivity index (χ0n) is 20.4. The van der Waals surface area contributed by atoms with E-state index in [0.717, 1.165) is 11.1 Å². The lowest BCUT2D eigenvalue weighted by Gasteiger charge is -2.16. The van der Waals surface area contributed by atoms with Crippen LogP contribution in [0.3, 0.4) is 0 Å². The molecule has 0 amide bonds. The van der Waals surface area contributed by atoms with Gasteiger partial charge in [-0.15, -0.1) is 10.2 Å². The molecule has 1 atom stereocenters. The highest BCUT2D eigenvalue weighted by Crippen LogP contribution is 2.25. The number of benzene rings is 3. The molecule has 4 aromatic rings. The van der Waals surface area contributed by atoms with Crippen molar-refractivity contribution < 1.29 is 22.7 Å². The summed E-state index contributed by atoms with van der Waals surface area (Å²) in [5.74, 6) is -0.191. The molecule has 192 valence electrons. The van der Waals surface area contributed by atoms with Crippen molar-refractivity contribution in [1.82, 2.24) is 14.8 Å². The molecular weight excluding hydrogens is 492 g/mol. The minimum absolute atomic E-state index is 0.284. The monoisotopic (exact) mass is 520 g/mol. The Morgan fingerprint density at radius 3 is 2.16 bits per heavy atom. The van der Waals surface area contributed by atoms with Crippen LogP contribution in [0.5, 0.6) is 5.75 Å². The topological polar surface area (TPSA) is 126 Å². The quantitative estimate of drug-likeness (QED) is 0.298. The molecule has 0 fully saturated rings. The molecule has 3 aromatic carbocycles. The maximum absolute atomic E-state index is 13.2. The maximum Gasteiger partial charge on any atom is 0.306 e. The summed E-state index contributed by atoms with van der Waals surface area (Å²) >= 11 is 0. The SMILES string of the molecule is COC(=O)CCS(=O)(=O)c1nnc([C@@H](N)Cc2ccccc2)n1-c1ccc(OCc2ccccc2)cc1. The number of aromatic nitrogens is 3. The summed E-state index contributed by atoms with van der Waals surface area (Å²) < 4.78 is 38.2. The number of esters is 1. The number of nitrogens with zero attached hydrogens (tertiary/aromatic N) is 3. The van der Waals surface area contributed by atoms with Crippen LogP contribution in [0.4, 0.5) is 0 Å². The summed E-state index contributed by atoms with van der Waals surface area (Å²) in [6.07, 6.45) is 0.128. The number of nitrogens with two attached hydrogens (primary N) is 1. The van der Waals surface area contributed by atoms with Crippen LogP contribution in [0.15, 0.2) is 90.1 Å². The average Bonchev–Trinajstić information content (AvgIpc) is 3.39. The van der Waals surface area contributed by atoms with Crippen LogP contribution < -0.4 is 10.5 Å². The molecule has 37 heavy (non-hydrogen) atoms. The van der Waals surface area contributed by atoms with Gasteiger partial charge in [0.25, 0.3) is 5.16 Å². The van der Waals surface area contributed by atoms with Crippen LogP contribution in [0.2, 0.25) is 0 Å². The van der Waals surface area contributed by atoms with E-state index in [4.69, 9.17) is 10.5 Å². The molecule has 0 saturated carbocycles. The Kier molecular flexibility index (Phi) is 8.32. The van der Waals surface area contributed by atoms with Crippen molar-refractivity contribution >= 4 is 15.8 Å². The fourth-order valence-corrected chi connectivity index (χ4v) is 5.03. The highest BCUT2D eigenvalue weighted by atomic mass is 32.2. The van der Waals surface area contributed by atoms with Crippen molar-refractivity contribution in [2.75, 3.05) is 12.9 Å². The van der Waals surface area contributed by atoms with Gasteiger partial charge in [0.1, 0.15) is 12.4 Å². The molecule has 0 bridgehead atoms. The molecule has 0 spiro atoms. The molecule has 0 aliphatic heterocycles. The average molecular weight is 521 g/mol. The normalized spacial score (nSPS) is 12.2. The fraction of sp³-hybridized carbons (Fsp3) is 0.222. The van der Waals surface area contributed by atoms with E-state index in [9.17, 15) is 13.2 Å². The van der Waals surface area contributed by atoms with Gasteiger partial charge in [0, 0.05) is 5.69 Å². The van der Waals surface area contributed by atoms with Crippen LogP contribution in [-0.4, -0.2) is 42.0 Å². The van der Waals surface area contributed by atoms with E-state index in [0.29, 0.717) is 30.3 Å². The number of methoxy groups -OCH3 is 1.